The van der Waals surface area contributed by atoms with Crippen LogP contribution < -0.4 is 15.6 Å². The summed E-state index contributed by atoms with van der Waals surface area (Å²) in [6, 6.07) is 15.9. The van der Waals surface area contributed by atoms with Gasteiger partial charge in [0.1, 0.15) is 28.7 Å². The van der Waals surface area contributed by atoms with Gasteiger partial charge in [-0.2, -0.15) is 5.10 Å². The highest BCUT2D eigenvalue weighted by Crippen LogP contribution is 2.40. The number of hydrogen-bond acceptors (Lipinski definition) is 6. The van der Waals surface area contributed by atoms with Crippen LogP contribution in [0.15, 0.2) is 75.9 Å². The molecule has 10 nitrogen and oxygen atoms in total. The smallest absolute Gasteiger partial charge is 0.274 e. The number of amides is 1. The van der Waals surface area contributed by atoms with Crippen molar-refractivity contribution in [3.8, 4) is 33.8 Å². The van der Waals surface area contributed by atoms with Crippen LogP contribution in [0.25, 0.3) is 55.7 Å². The van der Waals surface area contributed by atoms with Gasteiger partial charge in [0.05, 0.1) is 28.3 Å². The number of carbonyl (C=O) groups excluding carboxylic acids is 1. The van der Waals surface area contributed by atoms with E-state index in [1.54, 1.807) is 18.2 Å². The Kier molecular flexibility index (Phi) is 7.04. The Morgan fingerprint density at radius 2 is 1.77 bits per heavy atom. The summed E-state index contributed by atoms with van der Waals surface area (Å²) < 4.78 is 63.3. The van der Waals surface area contributed by atoms with Crippen LogP contribution >= 0.6 is 0 Å². The summed E-state index contributed by atoms with van der Waals surface area (Å²) in [5.41, 5.74) is 1.57. The summed E-state index contributed by atoms with van der Waals surface area (Å²) in [6.45, 7) is 1.46. The van der Waals surface area contributed by atoms with E-state index in [0.29, 0.717) is 22.2 Å². The molecule has 6 rings (SSSR count). The van der Waals surface area contributed by atoms with Crippen LogP contribution in [-0.2, 0) is 17.1 Å². The summed E-state index contributed by atoms with van der Waals surface area (Å²) in [5, 5.41) is 7.54. The lowest BCUT2D eigenvalue weighted by Gasteiger charge is -2.14. The van der Waals surface area contributed by atoms with Crippen molar-refractivity contribution < 1.29 is 26.4 Å². The summed E-state index contributed by atoms with van der Waals surface area (Å²) >= 11 is 0. The van der Waals surface area contributed by atoms with Crippen molar-refractivity contribution in [1.29, 1.82) is 0 Å². The Hall–Kier alpha value is -5.30. The van der Waals surface area contributed by atoms with E-state index in [4.69, 9.17) is 4.42 Å². The highest BCUT2D eigenvalue weighted by molar-refractivity contribution is 7.92. The standard InChI is InChI=1S/C31H25F2N5O5S/c1-4-44(41,42)37-24-15-27-21(28(30(39)34-2)29(43-27)16-8-10-17(32)11-9-16)12-18(24)19-13-26(36-38(3)31(19)40)25-14-20-22(33)6-5-7-23(20)35-25/h5-15,35,37H,4H2,1-3H3,(H,34,39). The minimum Gasteiger partial charge on any atom is -0.455 e. The maximum atomic E-state index is 14.5. The van der Waals surface area contributed by atoms with Crippen molar-refractivity contribution in [2.75, 3.05) is 17.5 Å². The molecular formula is C31H25F2N5O5S. The number of furan rings is 1. The highest BCUT2D eigenvalue weighted by atomic mass is 32.2. The van der Waals surface area contributed by atoms with Crippen LogP contribution in [0.4, 0.5) is 14.5 Å². The molecule has 0 saturated carbocycles. The fraction of sp³-hybridized carbons (Fsp3) is 0.129. The first-order chi connectivity index (χ1) is 21.0. The molecule has 224 valence electrons. The van der Waals surface area contributed by atoms with E-state index in [2.05, 4.69) is 20.1 Å². The molecule has 0 aliphatic rings. The number of nitrogens with zero attached hydrogens (tertiary/aromatic N) is 2. The third-order valence-corrected chi connectivity index (χ3v) is 8.57. The number of nitrogens with one attached hydrogen (secondary N) is 3. The maximum Gasteiger partial charge on any atom is 0.274 e. The van der Waals surface area contributed by atoms with E-state index in [1.807, 2.05) is 0 Å². The van der Waals surface area contributed by atoms with Crippen LogP contribution in [0.1, 0.15) is 17.3 Å². The molecule has 0 bridgehead atoms. The SMILES string of the molecule is CCS(=O)(=O)Nc1cc2oc(-c3ccc(F)cc3)c(C(=O)NC)c2cc1-c1cc(-c2cc3c(F)cccc3[nH]2)nn(C)c1=O. The van der Waals surface area contributed by atoms with E-state index in [-0.39, 0.29) is 50.6 Å². The van der Waals surface area contributed by atoms with E-state index in [0.717, 1.165) is 4.68 Å². The lowest BCUT2D eigenvalue weighted by molar-refractivity contribution is 0.0964. The second-order valence-corrected chi connectivity index (χ2v) is 12.1. The van der Waals surface area contributed by atoms with Gasteiger partial charge in [-0.25, -0.2) is 21.9 Å². The molecule has 3 aromatic carbocycles. The molecule has 0 fully saturated rings. The zero-order valence-corrected chi connectivity index (χ0v) is 24.5. The monoisotopic (exact) mass is 617 g/mol. The van der Waals surface area contributed by atoms with Crippen molar-refractivity contribution in [3.63, 3.8) is 0 Å². The number of aromatic amines is 1. The average Bonchev–Trinajstić information content (AvgIpc) is 3.61. The van der Waals surface area contributed by atoms with Crippen molar-refractivity contribution in [3.05, 3.63) is 94.3 Å². The molecule has 3 N–H and O–H groups in total. The van der Waals surface area contributed by atoms with Crippen LogP contribution in [-0.4, -0.2) is 41.9 Å². The number of benzene rings is 3. The molecule has 1 amide bonds. The molecule has 0 spiro atoms. The van der Waals surface area contributed by atoms with Gasteiger partial charge in [0.15, 0.2) is 0 Å². The number of carbonyl (C=O) groups is 1. The van der Waals surface area contributed by atoms with Crippen LogP contribution in [0.3, 0.4) is 0 Å². The fourth-order valence-corrected chi connectivity index (χ4v) is 5.68. The second-order valence-electron chi connectivity index (χ2n) is 10.0. The highest BCUT2D eigenvalue weighted by Gasteiger charge is 2.26. The zero-order valence-electron chi connectivity index (χ0n) is 23.7. The topological polar surface area (TPSA) is 139 Å². The second kappa shape index (κ2) is 10.8. The Morgan fingerprint density at radius 1 is 1.02 bits per heavy atom. The summed E-state index contributed by atoms with van der Waals surface area (Å²) in [6.07, 6.45) is 0. The first kappa shape index (κ1) is 28.8. The number of fused-ring (bicyclic) bond motifs is 2. The summed E-state index contributed by atoms with van der Waals surface area (Å²) in [5.74, 6) is -1.56. The number of H-pyrrole nitrogens is 1. The molecule has 13 heteroatoms. The fourth-order valence-electron chi connectivity index (χ4n) is 5.03. The number of hydrogen-bond donors (Lipinski definition) is 3. The predicted molar refractivity (Wildman–Crippen MR) is 164 cm³/mol. The van der Waals surface area contributed by atoms with Gasteiger partial charge in [-0.05, 0) is 61.5 Å². The molecule has 0 aliphatic heterocycles. The molecule has 44 heavy (non-hydrogen) atoms. The van der Waals surface area contributed by atoms with E-state index >= 15 is 0 Å². The van der Waals surface area contributed by atoms with Gasteiger partial charge in [-0.3, -0.25) is 14.3 Å². The van der Waals surface area contributed by atoms with E-state index in [9.17, 15) is 26.8 Å². The van der Waals surface area contributed by atoms with Gasteiger partial charge in [-0.1, -0.05) is 6.07 Å². The predicted octanol–water partition coefficient (Wildman–Crippen LogP) is 5.41. The first-order valence-electron chi connectivity index (χ1n) is 13.4. The molecule has 6 aromatic rings. The third-order valence-electron chi connectivity index (χ3n) is 7.27. The van der Waals surface area contributed by atoms with Gasteiger partial charge in [-0.15, -0.1) is 0 Å². The van der Waals surface area contributed by atoms with Gasteiger partial charge >= 0.3 is 0 Å². The van der Waals surface area contributed by atoms with E-state index < -0.39 is 33.1 Å². The summed E-state index contributed by atoms with van der Waals surface area (Å²) in [4.78, 5) is 29.8. The van der Waals surface area contributed by atoms with Crippen molar-refractivity contribution >= 4 is 43.5 Å². The largest absolute Gasteiger partial charge is 0.455 e. The van der Waals surface area contributed by atoms with Gasteiger partial charge in [0, 0.05) is 47.6 Å². The number of anilines is 1. The van der Waals surface area contributed by atoms with Crippen LogP contribution in [0.5, 0.6) is 0 Å². The molecule has 0 unspecified atom stereocenters. The number of halogens is 2. The van der Waals surface area contributed by atoms with E-state index in [1.165, 1.54) is 69.6 Å². The zero-order chi connectivity index (χ0) is 31.3. The first-order valence-corrected chi connectivity index (χ1v) is 15.1. The quantitative estimate of drug-likeness (QED) is 0.219. The van der Waals surface area contributed by atoms with Gasteiger partial charge in [0.25, 0.3) is 11.5 Å². The van der Waals surface area contributed by atoms with Gasteiger partial charge in [0.2, 0.25) is 10.0 Å². The molecule has 0 saturated heterocycles. The third kappa shape index (κ3) is 5.00. The Morgan fingerprint density at radius 3 is 2.45 bits per heavy atom. The Balaban J connectivity index is 1.64. The minimum atomic E-state index is -3.85. The Labute approximate surface area is 249 Å². The van der Waals surface area contributed by atoms with Crippen molar-refractivity contribution in [2.45, 2.75) is 6.92 Å². The minimum absolute atomic E-state index is 0.0270. The number of sulfonamides is 1. The number of rotatable bonds is 7. The molecule has 0 atom stereocenters. The normalized spacial score (nSPS) is 11.8. The lowest BCUT2D eigenvalue weighted by Crippen LogP contribution is -2.23. The van der Waals surface area contributed by atoms with Crippen LogP contribution in [0, 0.1) is 11.6 Å². The molecule has 0 radical (unpaired) electrons. The molecular weight excluding hydrogens is 592 g/mol. The van der Waals surface area contributed by atoms with Crippen LogP contribution in [0.2, 0.25) is 0 Å². The number of aryl methyl sites for hydroxylation is 1. The van der Waals surface area contributed by atoms with Gasteiger partial charge < -0.3 is 14.7 Å². The van der Waals surface area contributed by atoms with Crippen molar-refractivity contribution in [1.82, 2.24) is 20.1 Å². The van der Waals surface area contributed by atoms with Crippen molar-refractivity contribution in [2.24, 2.45) is 7.05 Å². The lowest BCUT2D eigenvalue weighted by atomic mass is 9.99. The molecule has 0 aliphatic carbocycles. The number of aromatic nitrogens is 3. The molecule has 3 aromatic heterocycles. The average molecular weight is 618 g/mol. The molecule has 3 heterocycles. The Bertz CT molecular complexity index is 2270. The maximum absolute atomic E-state index is 14.5. The summed E-state index contributed by atoms with van der Waals surface area (Å²) in [7, 11) is -0.968.